The van der Waals surface area contributed by atoms with Crippen molar-refractivity contribution in [3.8, 4) is 11.5 Å². The van der Waals surface area contributed by atoms with Crippen LogP contribution in [0.3, 0.4) is 0 Å². The van der Waals surface area contributed by atoms with Crippen LogP contribution in [-0.2, 0) is 21.2 Å². The average molecular weight is 504 g/mol. The van der Waals surface area contributed by atoms with Crippen molar-refractivity contribution in [2.75, 3.05) is 44.1 Å². The van der Waals surface area contributed by atoms with E-state index in [1.165, 1.54) is 0 Å². The van der Waals surface area contributed by atoms with Crippen LogP contribution in [-0.4, -0.2) is 48.2 Å². The van der Waals surface area contributed by atoms with Crippen LogP contribution in [0.2, 0.25) is 0 Å². The molecule has 0 atom stereocenters. The van der Waals surface area contributed by atoms with Gasteiger partial charge in [-0.25, -0.2) is 13.1 Å². The molecule has 1 heterocycles. The number of nitrogens with one attached hydrogen (secondary N) is 2. The normalized spacial score (nSPS) is 13.6. The number of hydrogen-bond donors (Lipinski definition) is 2. The van der Waals surface area contributed by atoms with Crippen molar-refractivity contribution in [2.24, 2.45) is 0 Å². The molecule has 1 aliphatic heterocycles. The fraction of sp³-hybridized carbons (Fsp3) is 0.500. The Morgan fingerprint density at radius 1 is 1.00 bits per heavy atom. The third-order valence-electron chi connectivity index (χ3n) is 6.14. The van der Waals surface area contributed by atoms with E-state index in [1.54, 1.807) is 38.5 Å². The molecular formula is C26H37N3O5S. The van der Waals surface area contributed by atoms with Crippen molar-refractivity contribution in [3.05, 3.63) is 42.0 Å². The monoisotopic (exact) mass is 503 g/mol. The molecule has 2 N–H and O–H groups in total. The van der Waals surface area contributed by atoms with Crippen LogP contribution in [0.1, 0.15) is 51.0 Å². The first kappa shape index (κ1) is 26.8. The van der Waals surface area contributed by atoms with Crippen LogP contribution in [0, 0.1) is 0 Å². The van der Waals surface area contributed by atoms with Gasteiger partial charge in [0.25, 0.3) is 0 Å². The predicted octanol–water partition coefficient (Wildman–Crippen LogP) is 4.34. The SMILES string of the molecule is CCCCCC(=O)Nc1ccc(N2CCCC2)c(S(=O)(=O)NCCc2ccc(OC)c(OC)c2)c1. The van der Waals surface area contributed by atoms with Gasteiger partial charge in [0.15, 0.2) is 11.5 Å². The molecule has 8 nitrogen and oxygen atoms in total. The van der Waals surface area contributed by atoms with E-state index < -0.39 is 10.0 Å². The van der Waals surface area contributed by atoms with Gasteiger partial charge in [0, 0.05) is 31.7 Å². The molecule has 9 heteroatoms. The zero-order chi connectivity index (χ0) is 25.3. The van der Waals surface area contributed by atoms with Crippen molar-refractivity contribution in [1.29, 1.82) is 0 Å². The van der Waals surface area contributed by atoms with Gasteiger partial charge in [-0.1, -0.05) is 25.8 Å². The molecule has 35 heavy (non-hydrogen) atoms. The topological polar surface area (TPSA) is 97.0 Å². The summed E-state index contributed by atoms with van der Waals surface area (Å²) >= 11 is 0. The maximum atomic E-state index is 13.4. The minimum absolute atomic E-state index is 0.0999. The zero-order valence-corrected chi connectivity index (χ0v) is 21.7. The van der Waals surface area contributed by atoms with Gasteiger partial charge in [-0.3, -0.25) is 4.79 Å². The lowest BCUT2D eigenvalue weighted by Crippen LogP contribution is -2.29. The molecule has 0 saturated carbocycles. The number of nitrogens with zero attached hydrogens (tertiary/aromatic N) is 1. The highest BCUT2D eigenvalue weighted by molar-refractivity contribution is 7.89. The minimum atomic E-state index is -3.81. The van der Waals surface area contributed by atoms with Crippen molar-refractivity contribution >= 4 is 27.3 Å². The number of unbranched alkanes of at least 4 members (excludes halogenated alkanes) is 2. The summed E-state index contributed by atoms with van der Waals surface area (Å²) in [6.07, 6.45) is 5.82. The van der Waals surface area contributed by atoms with Gasteiger partial charge < -0.3 is 19.7 Å². The molecule has 192 valence electrons. The van der Waals surface area contributed by atoms with Crippen molar-refractivity contribution in [2.45, 2.75) is 56.8 Å². The Labute approximate surface area is 209 Å². The number of ether oxygens (including phenoxy) is 2. The second-order valence-corrected chi connectivity index (χ2v) is 10.5. The number of amides is 1. The lowest BCUT2D eigenvalue weighted by atomic mass is 10.1. The smallest absolute Gasteiger partial charge is 0.242 e. The van der Waals surface area contributed by atoms with Gasteiger partial charge >= 0.3 is 0 Å². The van der Waals surface area contributed by atoms with Crippen molar-refractivity contribution in [3.63, 3.8) is 0 Å². The van der Waals surface area contributed by atoms with E-state index in [0.29, 0.717) is 35.7 Å². The van der Waals surface area contributed by atoms with Crippen molar-refractivity contribution in [1.82, 2.24) is 4.72 Å². The highest BCUT2D eigenvalue weighted by atomic mass is 32.2. The second kappa shape index (κ2) is 12.8. The van der Waals surface area contributed by atoms with E-state index >= 15 is 0 Å². The Hall–Kier alpha value is -2.78. The molecule has 0 radical (unpaired) electrons. The van der Waals surface area contributed by atoms with Gasteiger partial charge in [-0.05, 0) is 61.6 Å². The minimum Gasteiger partial charge on any atom is -0.493 e. The molecule has 0 bridgehead atoms. The van der Waals surface area contributed by atoms with Crippen LogP contribution in [0.5, 0.6) is 11.5 Å². The number of carbonyl (C=O) groups excluding carboxylic acids is 1. The summed E-state index contributed by atoms with van der Waals surface area (Å²) in [5, 5.41) is 2.86. The van der Waals surface area contributed by atoms with E-state index in [2.05, 4.69) is 21.9 Å². The first-order valence-electron chi connectivity index (χ1n) is 12.3. The van der Waals surface area contributed by atoms with Crippen LogP contribution >= 0.6 is 0 Å². The molecule has 2 aromatic rings. The Morgan fingerprint density at radius 2 is 1.74 bits per heavy atom. The molecular weight excluding hydrogens is 466 g/mol. The third-order valence-corrected chi connectivity index (χ3v) is 7.63. The Bertz CT molecular complexity index is 1100. The molecule has 0 spiro atoms. The standard InChI is InChI=1S/C26H37N3O5S/c1-4-5-6-9-26(30)28-21-11-12-22(29-16-7-8-17-29)25(19-21)35(31,32)27-15-14-20-10-13-23(33-2)24(18-20)34-3/h10-13,18-19,27H,4-9,14-17H2,1-3H3,(H,28,30). The number of methoxy groups -OCH3 is 2. The Kier molecular flexibility index (Phi) is 9.80. The van der Waals surface area contributed by atoms with Gasteiger partial charge in [0.2, 0.25) is 15.9 Å². The van der Waals surface area contributed by atoms with Gasteiger partial charge in [-0.15, -0.1) is 0 Å². The first-order valence-corrected chi connectivity index (χ1v) is 13.8. The fourth-order valence-corrected chi connectivity index (χ4v) is 5.51. The highest BCUT2D eigenvalue weighted by Gasteiger charge is 2.24. The quantitative estimate of drug-likeness (QED) is 0.395. The summed E-state index contributed by atoms with van der Waals surface area (Å²) in [6, 6.07) is 10.7. The highest BCUT2D eigenvalue weighted by Crippen LogP contribution is 2.31. The van der Waals surface area contributed by atoms with E-state index in [1.807, 2.05) is 12.1 Å². The van der Waals surface area contributed by atoms with E-state index in [0.717, 1.165) is 50.8 Å². The number of hydrogen-bond acceptors (Lipinski definition) is 6. The molecule has 0 aliphatic carbocycles. The number of carbonyl (C=O) groups is 1. The molecule has 3 rings (SSSR count). The molecule has 1 aliphatic rings. The van der Waals surface area contributed by atoms with Crippen LogP contribution < -0.4 is 24.4 Å². The summed E-state index contributed by atoms with van der Waals surface area (Å²) in [4.78, 5) is 14.6. The van der Waals surface area contributed by atoms with E-state index in [4.69, 9.17) is 9.47 Å². The van der Waals surface area contributed by atoms with Crippen LogP contribution in [0.15, 0.2) is 41.3 Å². The van der Waals surface area contributed by atoms with Crippen molar-refractivity contribution < 1.29 is 22.7 Å². The van der Waals surface area contributed by atoms with E-state index in [9.17, 15) is 13.2 Å². The molecule has 0 aromatic heterocycles. The number of anilines is 2. The maximum absolute atomic E-state index is 13.4. The number of rotatable bonds is 13. The lowest BCUT2D eigenvalue weighted by molar-refractivity contribution is -0.116. The summed E-state index contributed by atoms with van der Waals surface area (Å²) < 4.78 is 40.1. The fourth-order valence-electron chi connectivity index (χ4n) is 4.23. The van der Waals surface area contributed by atoms with Gasteiger partial charge in [0.1, 0.15) is 4.90 Å². The first-order chi connectivity index (χ1) is 16.9. The second-order valence-electron chi connectivity index (χ2n) is 8.72. The summed E-state index contributed by atoms with van der Waals surface area (Å²) in [5.74, 6) is 1.13. The molecule has 1 saturated heterocycles. The largest absolute Gasteiger partial charge is 0.493 e. The lowest BCUT2D eigenvalue weighted by Gasteiger charge is -2.22. The summed E-state index contributed by atoms with van der Waals surface area (Å²) in [7, 11) is -0.661. The Balaban J connectivity index is 1.75. The van der Waals surface area contributed by atoms with Gasteiger partial charge in [0.05, 0.1) is 19.9 Å². The Morgan fingerprint density at radius 3 is 2.43 bits per heavy atom. The number of benzene rings is 2. The summed E-state index contributed by atoms with van der Waals surface area (Å²) in [6.45, 7) is 3.95. The van der Waals surface area contributed by atoms with Crippen LogP contribution in [0.4, 0.5) is 11.4 Å². The zero-order valence-electron chi connectivity index (χ0n) is 20.9. The molecule has 1 amide bonds. The molecule has 0 unspecified atom stereocenters. The van der Waals surface area contributed by atoms with E-state index in [-0.39, 0.29) is 17.3 Å². The van der Waals surface area contributed by atoms with Gasteiger partial charge in [-0.2, -0.15) is 0 Å². The maximum Gasteiger partial charge on any atom is 0.242 e. The average Bonchev–Trinajstić information content (AvgIpc) is 3.39. The molecule has 2 aromatic carbocycles. The van der Waals surface area contributed by atoms with Crippen LogP contribution in [0.25, 0.3) is 0 Å². The summed E-state index contributed by atoms with van der Waals surface area (Å²) in [5.41, 5.74) is 2.10. The predicted molar refractivity (Wildman–Crippen MR) is 139 cm³/mol. The third kappa shape index (κ3) is 7.35. The number of sulfonamides is 1. The molecule has 1 fully saturated rings.